The van der Waals surface area contributed by atoms with Gasteiger partial charge in [-0.05, 0) is 61.1 Å². The zero-order valence-electron chi connectivity index (χ0n) is 39.5. The molecule has 3 aromatic carbocycles. The molecule has 1 saturated carbocycles. The third kappa shape index (κ3) is 6.01. The van der Waals surface area contributed by atoms with E-state index in [1.165, 1.54) is 14.0 Å². The van der Waals surface area contributed by atoms with Gasteiger partial charge in [-0.1, -0.05) is 74.5 Å². The first-order valence-electron chi connectivity index (χ1n) is 24.4. The van der Waals surface area contributed by atoms with Crippen LogP contribution in [0.2, 0.25) is 0 Å². The number of carbonyl (C=O) groups is 3. The van der Waals surface area contributed by atoms with Gasteiger partial charge in [-0.15, -0.1) is 0 Å². The number of epoxide rings is 1. The maximum Gasteiger partial charge on any atom is 0.344 e. The van der Waals surface area contributed by atoms with Crippen LogP contribution in [0, 0.1) is 16.5 Å². The van der Waals surface area contributed by atoms with Crippen LogP contribution < -0.4 is 15.0 Å². The summed E-state index contributed by atoms with van der Waals surface area (Å²) in [5.74, 6) is -1.96. The number of carbonyl (C=O) groups excluding carboxylic acids is 3. The maximum absolute atomic E-state index is 15.6. The Labute approximate surface area is 392 Å². The van der Waals surface area contributed by atoms with Crippen molar-refractivity contribution in [3.8, 4) is 5.75 Å². The molecule has 3 aromatic rings. The first-order valence-corrected chi connectivity index (χ1v) is 24.4. The molecule has 356 valence electrons. The van der Waals surface area contributed by atoms with E-state index >= 15 is 14.8 Å². The number of likely N-dealkylation sites (N-methyl/N-ethyl adjacent to an activating group) is 1. The van der Waals surface area contributed by atoms with Crippen molar-refractivity contribution in [3.63, 3.8) is 0 Å². The predicted octanol–water partition coefficient (Wildman–Crippen LogP) is 5.53. The number of aliphatic hydroxyl groups is 1. The number of anilines is 2. The van der Waals surface area contributed by atoms with Crippen molar-refractivity contribution in [2.75, 3.05) is 70.8 Å². The fourth-order valence-corrected chi connectivity index (χ4v) is 15.5. The van der Waals surface area contributed by atoms with Gasteiger partial charge in [0.15, 0.2) is 6.10 Å². The number of para-hydroxylation sites is 1. The molecule has 7 aliphatic heterocycles. The van der Waals surface area contributed by atoms with Gasteiger partial charge in [-0.3, -0.25) is 14.5 Å². The molecular weight excluding hydrogens is 853 g/mol. The third-order valence-electron chi connectivity index (χ3n) is 18.1. The van der Waals surface area contributed by atoms with Gasteiger partial charge in [0.2, 0.25) is 5.60 Å². The molecule has 1 spiro atoms. The van der Waals surface area contributed by atoms with E-state index < -0.39 is 63.5 Å². The number of fused-ring (bicyclic) bond motifs is 8. The molecule has 1 aliphatic carbocycles. The normalized spacial score (nSPS) is 39.4. The zero-order chi connectivity index (χ0) is 46.9. The number of methoxy groups -OCH3 is 2. The van der Waals surface area contributed by atoms with Crippen LogP contribution in [0.15, 0.2) is 78.9 Å². The molecule has 2 bridgehead atoms. The number of rotatable bonds is 10. The van der Waals surface area contributed by atoms with E-state index in [-0.39, 0.29) is 41.7 Å². The number of piperidine rings is 1. The Kier molecular flexibility index (Phi) is 10.3. The van der Waals surface area contributed by atoms with Crippen molar-refractivity contribution in [1.29, 1.82) is 0 Å². The lowest BCUT2D eigenvalue weighted by atomic mass is 9.47. The smallest absolute Gasteiger partial charge is 0.344 e. The summed E-state index contributed by atoms with van der Waals surface area (Å²) in [6.45, 7) is 7.79. The Morgan fingerprint density at radius 3 is 2.51 bits per heavy atom. The van der Waals surface area contributed by atoms with Crippen LogP contribution in [0.5, 0.6) is 5.75 Å². The molecular formula is C53H64N4O10. The van der Waals surface area contributed by atoms with Gasteiger partial charge in [0.05, 0.1) is 46.0 Å². The Hall–Kier alpha value is -4.99. The summed E-state index contributed by atoms with van der Waals surface area (Å²) in [5.41, 5.74) is -1.15. The summed E-state index contributed by atoms with van der Waals surface area (Å²) >= 11 is 0. The molecule has 6 unspecified atom stereocenters. The summed E-state index contributed by atoms with van der Waals surface area (Å²) in [6, 6.07) is 20.1. The maximum atomic E-state index is 15.6. The Balaban J connectivity index is 1.13. The largest absolute Gasteiger partial charge is 0.633 e. The molecule has 14 nitrogen and oxygen atoms in total. The molecule has 11 rings (SSSR count). The van der Waals surface area contributed by atoms with Crippen molar-refractivity contribution < 1.29 is 47.8 Å². The molecule has 14 heteroatoms. The minimum absolute atomic E-state index is 0.00493. The first kappa shape index (κ1) is 44.5. The molecule has 67 heavy (non-hydrogen) atoms. The Bertz CT molecular complexity index is 2540. The van der Waals surface area contributed by atoms with E-state index in [2.05, 4.69) is 41.4 Å². The van der Waals surface area contributed by atoms with Crippen molar-refractivity contribution >= 4 is 29.3 Å². The Morgan fingerprint density at radius 2 is 1.78 bits per heavy atom. The average Bonchev–Trinajstić information content (AvgIpc) is 3.59. The van der Waals surface area contributed by atoms with Crippen LogP contribution in [0.1, 0.15) is 81.0 Å². The number of esters is 3. The highest BCUT2D eigenvalue weighted by Gasteiger charge is 2.81. The number of hydroxylamine groups is 3. The zero-order valence-corrected chi connectivity index (χ0v) is 39.5. The lowest BCUT2D eigenvalue weighted by Gasteiger charge is -2.63. The molecule has 5 fully saturated rings. The third-order valence-corrected chi connectivity index (χ3v) is 18.1. The number of benzene rings is 3. The van der Waals surface area contributed by atoms with Gasteiger partial charge in [0, 0.05) is 85.1 Å². The van der Waals surface area contributed by atoms with Crippen molar-refractivity contribution in [2.24, 2.45) is 11.3 Å². The van der Waals surface area contributed by atoms with Crippen LogP contribution in [0.25, 0.3) is 0 Å². The highest BCUT2D eigenvalue weighted by atomic mass is 16.6. The van der Waals surface area contributed by atoms with E-state index in [0.29, 0.717) is 76.1 Å². The van der Waals surface area contributed by atoms with Crippen LogP contribution in [0.3, 0.4) is 0 Å². The van der Waals surface area contributed by atoms with Crippen molar-refractivity contribution in [3.05, 3.63) is 106 Å². The minimum atomic E-state index is -2.37. The van der Waals surface area contributed by atoms with Gasteiger partial charge >= 0.3 is 17.9 Å². The molecule has 4 saturated heterocycles. The number of hydrogen-bond donors (Lipinski definition) is 2. The Morgan fingerprint density at radius 1 is 1.00 bits per heavy atom. The number of quaternary nitrogens is 1. The van der Waals surface area contributed by atoms with Crippen LogP contribution in [-0.2, 0) is 50.6 Å². The lowest BCUT2D eigenvalue weighted by molar-refractivity contribution is -0.890. The second kappa shape index (κ2) is 15.5. The molecule has 0 radical (unpaired) electrons. The highest BCUT2D eigenvalue weighted by molar-refractivity contribution is 5.90. The van der Waals surface area contributed by atoms with Crippen LogP contribution in [-0.4, -0.2) is 135 Å². The summed E-state index contributed by atoms with van der Waals surface area (Å²) in [4.78, 5) is 48.5. The minimum Gasteiger partial charge on any atom is -0.633 e. The van der Waals surface area contributed by atoms with Crippen LogP contribution in [0.4, 0.5) is 11.4 Å². The highest BCUT2D eigenvalue weighted by Crippen LogP contribution is 2.69. The fourth-order valence-electron chi connectivity index (χ4n) is 15.5. The van der Waals surface area contributed by atoms with Gasteiger partial charge in [0.1, 0.15) is 29.4 Å². The molecule has 13 atom stereocenters. The van der Waals surface area contributed by atoms with Crippen molar-refractivity contribution in [2.45, 2.75) is 118 Å². The van der Waals surface area contributed by atoms with E-state index in [4.69, 9.17) is 23.7 Å². The molecule has 2 N–H and O–H groups in total. The van der Waals surface area contributed by atoms with E-state index in [1.807, 2.05) is 73.5 Å². The topological polar surface area (TPSA) is 162 Å². The monoisotopic (exact) mass is 916 g/mol. The van der Waals surface area contributed by atoms with Gasteiger partial charge < -0.3 is 48.9 Å². The quantitative estimate of drug-likeness (QED) is 0.0653. The summed E-state index contributed by atoms with van der Waals surface area (Å²) < 4.78 is 31.2. The van der Waals surface area contributed by atoms with Gasteiger partial charge in [-0.25, -0.2) is 4.79 Å². The number of nitrogens with one attached hydrogen (secondary N) is 1. The molecule has 0 amide bonds. The molecule has 7 heterocycles. The summed E-state index contributed by atoms with van der Waals surface area (Å²) in [7, 11) is 4.93. The van der Waals surface area contributed by atoms with Gasteiger partial charge in [0.25, 0.3) is 0 Å². The van der Waals surface area contributed by atoms with E-state index in [0.717, 1.165) is 28.1 Å². The number of ether oxygens (including phenoxy) is 5. The second-order valence-electron chi connectivity index (χ2n) is 20.9. The first-order chi connectivity index (χ1) is 32.2. The SMILES string of the molecule is CCC12C[N+]3([O-])CCC4c5ccccc5NC4[C@@](C(=O)OC)(c4cc5c(cc4OC)N(C)[C@@H]4[C@](O)(C(=O)OCCc6ccccc6)[C@@H](OC(C)=O)[C@@]6(CC)C=CCN7CC[C@@]54[C@H]76)CC(C3)C1O2. The van der Waals surface area contributed by atoms with Crippen LogP contribution >= 0.6 is 0 Å². The van der Waals surface area contributed by atoms with E-state index in [1.54, 1.807) is 7.11 Å². The number of hydrogen-bond acceptors (Lipinski definition) is 13. The summed E-state index contributed by atoms with van der Waals surface area (Å²) in [5, 5.41) is 32.8. The fraction of sp³-hybridized carbons (Fsp3) is 0.566. The predicted molar refractivity (Wildman–Crippen MR) is 249 cm³/mol. The standard InChI is InChI=1S/C53H64N4O10/c1-7-49-21-14-23-56-24-22-51(44(49)56)37-27-38(41(63-5)28-40(37)55(4)45(51)53(61,46(49)66-32(3)58)48(60)65-26-20-33-15-10-9-11-16-33)52(47(59)64-6)29-34-30-57(62,31-50(8-2)43(34)67-50)25-19-36-35-17-12-13-18-39(35)54-42(36)52/h9-18,21,27-28,34,36,42-46,54,61H,7-8,19-20,22-26,29-31H2,1-6H3/t34?,36?,42?,43?,44-,45+,46+,49+,50?,51+,52+,53-,57?/m1/s1. The average molecular weight is 917 g/mol. The number of nitrogens with zero attached hydrogens (tertiary/aromatic N) is 3. The summed E-state index contributed by atoms with van der Waals surface area (Å²) in [6.07, 6.45) is 5.55. The van der Waals surface area contributed by atoms with Gasteiger partial charge in [-0.2, -0.15) is 0 Å². The van der Waals surface area contributed by atoms with Crippen molar-refractivity contribution in [1.82, 2.24) is 4.90 Å². The second-order valence-corrected chi connectivity index (χ2v) is 20.9. The lowest BCUT2D eigenvalue weighted by Crippen LogP contribution is -2.81. The molecule has 0 aromatic heterocycles. The molecule has 8 aliphatic rings. The van der Waals surface area contributed by atoms with E-state index in [9.17, 15) is 9.90 Å².